The van der Waals surface area contributed by atoms with Gasteiger partial charge in [-0.2, -0.15) is 0 Å². The summed E-state index contributed by atoms with van der Waals surface area (Å²) in [6.07, 6.45) is 5.50. The van der Waals surface area contributed by atoms with Gasteiger partial charge in [0.1, 0.15) is 5.75 Å². The largest absolute Gasteiger partial charge is 0.493 e. The van der Waals surface area contributed by atoms with Crippen LogP contribution in [-0.4, -0.2) is 39.6 Å². The van der Waals surface area contributed by atoms with E-state index in [9.17, 15) is 0 Å². The van der Waals surface area contributed by atoms with Crippen LogP contribution in [0.2, 0.25) is 0 Å². The third-order valence-corrected chi connectivity index (χ3v) is 4.17. The second-order valence-corrected chi connectivity index (χ2v) is 6.21. The van der Waals surface area contributed by atoms with Gasteiger partial charge >= 0.3 is 0 Å². The van der Waals surface area contributed by atoms with Gasteiger partial charge in [-0.25, -0.2) is 0 Å². The number of fused-ring (bicyclic) bond motifs is 1. The summed E-state index contributed by atoms with van der Waals surface area (Å²) in [5.74, 6) is 1.06. The number of unbranched alkanes of at least 4 members (excludes halogenated alkanes) is 1. The van der Waals surface area contributed by atoms with Gasteiger partial charge in [0.2, 0.25) is 0 Å². The molecule has 0 fully saturated rings. The smallest absolute Gasteiger partial charge is 0.122 e. The zero-order valence-electron chi connectivity index (χ0n) is 15.3. The first-order chi connectivity index (χ1) is 11.8. The summed E-state index contributed by atoms with van der Waals surface area (Å²) in [6, 6.07) is 4.46. The minimum absolute atomic E-state index is 0.619. The molecule has 0 bridgehead atoms. The lowest BCUT2D eigenvalue weighted by molar-refractivity contribution is 0.0101. The number of rotatable bonds is 13. The molecule has 1 aliphatic heterocycles. The first-order valence-corrected chi connectivity index (χ1v) is 9.35. The monoisotopic (exact) mass is 336 g/mol. The van der Waals surface area contributed by atoms with Crippen LogP contribution in [0.5, 0.6) is 5.75 Å². The van der Waals surface area contributed by atoms with E-state index >= 15 is 0 Å². The molecule has 24 heavy (non-hydrogen) atoms. The molecule has 0 aliphatic carbocycles. The van der Waals surface area contributed by atoms with Crippen LogP contribution in [0.15, 0.2) is 12.1 Å². The van der Waals surface area contributed by atoms with E-state index in [2.05, 4.69) is 26.0 Å². The van der Waals surface area contributed by atoms with Gasteiger partial charge in [-0.3, -0.25) is 0 Å². The minimum Gasteiger partial charge on any atom is -0.493 e. The van der Waals surface area contributed by atoms with E-state index in [4.69, 9.17) is 18.9 Å². The molecule has 1 aliphatic rings. The molecule has 0 N–H and O–H groups in total. The predicted molar refractivity (Wildman–Crippen MR) is 95.8 cm³/mol. The summed E-state index contributed by atoms with van der Waals surface area (Å²) < 4.78 is 22.5. The van der Waals surface area contributed by atoms with Crippen molar-refractivity contribution in [1.29, 1.82) is 0 Å². The second kappa shape index (κ2) is 11.5. The molecule has 2 rings (SSSR count). The van der Waals surface area contributed by atoms with E-state index in [1.807, 2.05) is 0 Å². The topological polar surface area (TPSA) is 36.9 Å². The Morgan fingerprint density at radius 1 is 0.875 bits per heavy atom. The van der Waals surface area contributed by atoms with Crippen molar-refractivity contribution in [3.05, 3.63) is 28.8 Å². The molecule has 1 heterocycles. The van der Waals surface area contributed by atoms with Crippen molar-refractivity contribution in [2.24, 2.45) is 0 Å². The Balaban J connectivity index is 1.63. The molecule has 136 valence electrons. The first-order valence-electron chi connectivity index (χ1n) is 9.35. The van der Waals surface area contributed by atoms with Crippen LogP contribution in [-0.2, 0) is 33.7 Å². The van der Waals surface area contributed by atoms with Crippen LogP contribution in [0.4, 0.5) is 0 Å². The van der Waals surface area contributed by atoms with Crippen molar-refractivity contribution in [2.45, 2.75) is 52.6 Å². The maximum absolute atomic E-state index is 5.80. The van der Waals surface area contributed by atoms with Crippen LogP contribution in [0.1, 0.15) is 49.8 Å². The van der Waals surface area contributed by atoms with Crippen LogP contribution in [0, 0.1) is 0 Å². The fraction of sp³-hybridized carbons (Fsp3) is 0.700. The highest BCUT2D eigenvalue weighted by molar-refractivity contribution is 5.44. The molecule has 1 aromatic carbocycles. The molecule has 0 spiro atoms. The lowest BCUT2D eigenvalue weighted by atomic mass is 9.99. The van der Waals surface area contributed by atoms with Crippen LogP contribution in [0.25, 0.3) is 0 Å². The molecule has 4 nitrogen and oxygen atoms in total. The predicted octanol–water partition coefficient (Wildman–Crippen LogP) is 3.92. The van der Waals surface area contributed by atoms with Crippen LogP contribution in [0.3, 0.4) is 0 Å². The van der Waals surface area contributed by atoms with E-state index < -0.39 is 0 Å². The van der Waals surface area contributed by atoms with E-state index in [-0.39, 0.29) is 0 Å². The van der Waals surface area contributed by atoms with Crippen LogP contribution < -0.4 is 4.74 Å². The van der Waals surface area contributed by atoms with E-state index in [0.29, 0.717) is 33.0 Å². The molecular formula is C20H32O4. The van der Waals surface area contributed by atoms with Gasteiger partial charge in [-0.15, -0.1) is 0 Å². The van der Waals surface area contributed by atoms with Crippen molar-refractivity contribution in [3.63, 3.8) is 0 Å². The lowest BCUT2D eigenvalue weighted by Gasteiger charge is -2.12. The Bertz CT molecular complexity index is 473. The fourth-order valence-electron chi connectivity index (χ4n) is 2.82. The van der Waals surface area contributed by atoms with Gasteiger partial charge < -0.3 is 18.9 Å². The Labute approximate surface area is 146 Å². The third kappa shape index (κ3) is 6.42. The van der Waals surface area contributed by atoms with Gasteiger partial charge in [0.15, 0.2) is 0 Å². The Hall–Kier alpha value is -1.10. The molecule has 0 radical (unpaired) electrons. The molecule has 0 unspecified atom stereocenters. The quantitative estimate of drug-likeness (QED) is 0.512. The Kier molecular flexibility index (Phi) is 9.18. The summed E-state index contributed by atoms with van der Waals surface area (Å²) >= 11 is 0. The molecular weight excluding hydrogens is 304 g/mol. The average molecular weight is 336 g/mol. The van der Waals surface area contributed by atoms with Crippen molar-refractivity contribution in [1.82, 2.24) is 0 Å². The van der Waals surface area contributed by atoms with E-state index in [1.165, 1.54) is 23.1 Å². The normalized spacial score (nSPS) is 13.1. The maximum atomic E-state index is 5.80. The average Bonchev–Trinajstić information content (AvgIpc) is 3.04. The summed E-state index contributed by atoms with van der Waals surface area (Å²) in [5.41, 5.74) is 3.96. The van der Waals surface area contributed by atoms with Gasteiger partial charge in [0.25, 0.3) is 0 Å². The Morgan fingerprint density at radius 2 is 1.62 bits per heavy atom. The number of benzene rings is 1. The number of aryl methyl sites for hydroxylation is 1. The second-order valence-electron chi connectivity index (χ2n) is 6.21. The minimum atomic E-state index is 0.619. The van der Waals surface area contributed by atoms with Crippen molar-refractivity contribution in [3.8, 4) is 5.75 Å². The highest BCUT2D eigenvalue weighted by Gasteiger charge is 2.15. The summed E-state index contributed by atoms with van der Waals surface area (Å²) in [6.45, 7) is 9.21. The van der Waals surface area contributed by atoms with E-state index in [0.717, 1.165) is 44.6 Å². The molecule has 0 saturated carbocycles. The van der Waals surface area contributed by atoms with Crippen molar-refractivity contribution in [2.75, 3.05) is 39.6 Å². The molecule has 0 atom stereocenters. The summed E-state index contributed by atoms with van der Waals surface area (Å²) in [7, 11) is 0. The maximum Gasteiger partial charge on any atom is 0.122 e. The van der Waals surface area contributed by atoms with Crippen LogP contribution >= 0.6 is 0 Å². The molecule has 0 amide bonds. The summed E-state index contributed by atoms with van der Waals surface area (Å²) in [4.78, 5) is 0. The van der Waals surface area contributed by atoms with Gasteiger partial charge in [0.05, 0.1) is 39.6 Å². The fourth-order valence-corrected chi connectivity index (χ4v) is 2.82. The SMILES string of the molecule is CCCCOCCOCCOCc1cc2c(cc1CCC)OCC2. The van der Waals surface area contributed by atoms with Gasteiger partial charge in [0, 0.05) is 13.0 Å². The third-order valence-electron chi connectivity index (χ3n) is 4.17. The molecule has 1 aromatic rings. The zero-order chi connectivity index (χ0) is 17.0. The zero-order valence-corrected chi connectivity index (χ0v) is 15.3. The number of ether oxygens (including phenoxy) is 4. The first kappa shape index (κ1) is 19.2. The molecule has 4 heteroatoms. The standard InChI is InChI=1S/C20H32O4/c1-3-5-8-21-10-11-22-12-13-23-16-19-14-18-7-9-24-20(18)15-17(19)6-4-2/h14-15H,3-13,16H2,1-2H3. The number of hydrogen-bond donors (Lipinski definition) is 0. The summed E-state index contributed by atoms with van der Waals surface area (Å²) in [5, 5.41) is 0. The highest BCUT2D eigenvalue weighted by Crippen LogP contribution is 2.29. The molecule has 0 saturated heterocycles. The van der Waals surface area contributed by atoms with Gasteiger partial charge in [-0.1, -0.05) is 26.7 Å². The van der Waals surface area contributed by atoms with E-state index in [1.54, 1.807) is 0 Å². The highest BCUT2D eigenvalue weighted by atomic mass is 16.5. The van der Waals surface area contributed by atoms with Gasteiger partial charge in [-0.05, 0) is 41.7 Å². The number of hydrogen-bond acceptors (Lipinski definition) is 4. The van der Waals surface area contributed by atoms with Crippen molar-refractivity contribution >= 4 is 0 Å². The lowest BCUT2D eigenvalue weighted by Crippen LogP contribution is -2.10. The van der Waals surface area contributed by atoms with Crippen molar-refractivity contribution < 1.29 is 18.9 Å². The Morgan fingerprint density at radius 3 is 2.38 bits per heavy atom. The molecule has 0 aromatic heterocycles.